The standard InChI is InChI=1S/C10H14BrN/c1-3-12-8(2)9-5-4-6-10(11)7-9/h4-8,12H,3H2,1-2H3. The van der Waals surface area contributed by atoms with E-state index in [4.69, 9.17) is 0 Å². The topological polar surface area (TPSA) is 12.0 Å². The van der Waals surface area contributed by atoms with Crippen LogP contribution in [0.4, 0.5) is 0 Å². The molecule has 66 valence electrons. The smallest absolute Gasteiger partial charge is 0.0292 e. The van der Waals surface area contributed by atoms with E-state index in [1.54, 1.807) is 0 Å². The van der Waals surface area contributed by atoms with Crippen molar-refractivity contribution in [2.45, 2.75) is 19.9 Å². The highest BCUT2D eigenvalue weighted by atomic mass is 79.9. The molecule has 0 saturated carbocycles. The molecular formula is C10H14BrN. The van der Waals surface area contributed by atoms with Crippen LogP contribution in [0.3, 0.4) is 0 Å². The van der Waals surface area contributed by atoms with Crippen molar-refractivity contribution in [3.63, 3.8) is 0 Å². The van der Waals surface area contributed by atoms with Crippen LogP contribution in [0.15, 0.2) is 28.7 Å². The first-order valence-electron chi connectivity index (χ1n) is 4.23. The van der Waals surface area contributed by atoms with Crippen LogP contribution in [-0.4, -0.2) is 6.54 Å². The maximum Gasteiger partial charge on any atom is 0.0292 e. The van der Waals surface area contributed by atoms with Crippen LogP contribution in [0.2, 0.25) is 0 Å². The third-order valence-electron chi connectivity index (χ3n) is 1.86. The molecule has 0 fully saturated rings. The maximum atomic E-state index is 3.45. The van der Waals surface area contributed by atoms with E-state index in [2.05, 4.69) is 53.3 Å². The highest BCUT2D eigenvalue weighted by Gasteiger charge is 2.02. The van der Waals surface area contributed by atoms with Gasteiger partial charge in [0.2, 0.25) is 0 Å². The van der Waals surface area contributed by atoms with E-state index in [1.807, 2.05) is 6.07 Å². The highest BCUT2D eigenvalue weighted by molar-refractivity contribution is 9.10. The minimum atomic E-state index is 0.437. The molecule has 1 aromatic rings. The van der Waals surface area contributed by atoms with E-state index in [1.165, 1.54) is 5.56 Å². The van der Waals surface area contributed by atoms with Crippen molar-refractivity contribution in [3.8, 4) is 0 Å². The molecule has 1 unspecified atom stereocenters. The van der Waals surface area contributed by atoms with Gasteiger partial charge in [-0.15, -0.1) is 0 Å². The van der Waals surface area contributed by atoms with E-state index < -0.39 is 0 Å². The van der Waals surface area contributed by atoms with Crippen molar-refractivity contribution in [1.29, 1.82) is 0 Å². The summed E-state index contributed by atoms with van der Waals surface area (Å²) >= 11 is 3.45. The van der Waals surface area contributed by atoms with Gasteiger partial charge in [0.15, 0.2) is 0 Å². The highest BCUT2D eigenvalue weighted by Crippen LogP contribution is 2.17. The lowest BCUT2D eigenvalue weighted by Crippen LogP contribution is -2.17. The molecule has 0 amide bonds. The minimum absolute atomic E-state index is 0.437. The molecule has 0 aromatic heterocycles. The van der Waals surface area contributed by atoms with Crippen LogP contribution < -0.4 is 5.32 Å². The fourth-order valence-corrected chi connectivity index (χ4v) is 1.62. The van der Waals surface area contributed by atoms with E-state index >= 15 is 0 Å². The molecule has 0 aliphatic rings. The summed E-state index contributed by atoms with van der Waals surface area (Å²) < 4.78 is 1.14. The maximum absolute atomic E-state index is 3.45. The summed E-state index contributed by atoms with van der Waals surface area (Å²) in [6, 6.07) is 8.83. The number of hydrogen-bond acceptors (Lipinski definition) is 1. The van der Waals surface area contributed by atoms with Crippen LogP contribution in [0, 0.1) is 0 Å². The Morgan fingerprint density at radius 3 is 2.83 bits per heavy atom. The van der Waals surface area contributed by atoms with Crippen molar-refractivity contribution in [2.24, 2.45) is 0 Å². The van der Waals surface area contributed by atoms with Gasteiger partial charge >= 0.3 is 0 Å². The molecule has 0 heterocycles. The number of benzene rings is 1. The molecule has 1 nitrogen and oxygen atoms in total. The van der Waals surface area contributed by atoms with Crippen LogP contribution >= 0.6 is 15.9 Å². The van der Waals surface area contributed by atoms with Crippen molar-refractivity contribution >= 4 is 15.9 Å². The third kappa shape index (κ3) is 2.61. The first-order valence-corrected chi connectivity index (χ1v) is 5.02. The van der Waals surface area contributed by atoms with Crippen molar-refractivity contribution in [2.75, 3.05) is 6.54 Å². The number of halogens is 1. The fraction of sp³-hybridized carbons (Fsp3) is 0.400. The van der Waals surface area contributed by atoms with Crippen molar-refractivity contribution in [3.05, 3.63) is 34.3 Å². The van der Waals surface area contributed by atoms with E-state index in [0.717, 1.165) is 11.0 Å². The van der Waals surface area contributed by atoms with Crippen molar-refractivity contribution in [1.82, 2.24) is 5.32 Å². The van der Waals surface area contributed by atoms with E-state index in [-0.39, 0.29) is 0 Å². The Labute approximate surface area is 82.3 Å². The second kappa shape index (κ2) is 4.63. The second-order valence-electron chi connectivity index (χ2n) is 2.83. The molecular weight excluding hydrogens is 214 g/mol. The van der Waals surface area contributed by atoms with Gasteiger partial charge in [-0.05, 0) is 31.2 Å². The van der Waals surface area contributed by atoms with Crippen molar-refractivity contribution < 1.29 is 0 Å². The Morgan fingerprint density at radius 1 is 1.50 bits per heavy atom. The van der Waals surface area contributed by atoms with Gasteiger partial charge in [0.25, 0.3) is 0 Å². The van der Waals surface area contributed by atoms with E-state index in [9.17, 15) is 0 Å². The predicted molar refractivity (Wildman–Crippen MR) is 56.2 cm³/mol. The lowest BCUT2D eigenvalue weighted by Gasteiger charge is -2.12. The molecule has 0 bridgehead atoms. The van der Waals surface area contributed by atoms with Gasteiger partial charge in [-0.3, -0.25) is 0 Å². The van der Waals surface area contributed by atoms with Gasteiger partial charge in [-0.25, -0.2) is 0 Å². The largest absolute Gasteiger partial charge is 0.310 e. The Bertz CT molecular complexity index is 247. The number of nitrogens with one attached hydrogen (secondary N) is 1. The van der Waals surface area contributed by atoms with E-state index in [0.29, 0.717) is 6.04 Å². The summed E-state index contributed by atoms with van der Waals surface area (Å²) in [5, 5.41) is 3.37. The Hall–Kier alpha value is -0.340. The number of hydrogen-bond donors (Lipinski definition) is 1. The first kappa shape index (κ1) is 9.75. The average molecular weight is 228 g/mol. The SMILES string of the molecule is CCNC(C)c1cccc(Br)c1. The molecule has 2 heteroatoms. The molecule has 0 spiro atoms. The zero-order valence-corrected chi connectivity index (χ0v) is 9.06. The summed E-state index contributed by atoms with van der Waals surface area (Å²) in [6.45, 7) is 5.30. The quantitative estimate of drug-likeness (QED) is 0.838. The molecule has 0 radical (unpaired) electrons. The Balaban J connectivity index is 2.73. The molecule has 0 aliphatic carbocycles. The predicted octanol–water partition coefficient (Wildman–Crippen LogP) is 3.12. The summed E-state index contributed by atoms with van der Waals surface area (Å²) in [6.07, 6.45) is 0. The zero-order valence-electron chi connectivity index (χ0n) is 7.47. The summed E-state index contributed by atoms with van der Waals surface area (Å²) in [7, 11) is 0. The average Bonchev–Trinajstić information content (AvgIpc) is 2.05. The van der Waals surface area contributed by atoms with Gasteiger partial charge < -0.3 is 5.32 Å². The third-order valence-corrected chi connectivity index (χ3v) is 2.35. The van der Waals surface area contributed by atoms with Crippen LogP contribution in [0.25, 0.3) is 0 Å². The first-order chi connectivity index (χ1) is 5.74. The molecule has 1 N–H and O–H groups in total. The van der Waals surface area contributed by atoms with Gasteiger partial charge in [-0.1, -0.05) is 35.0 Å². The van der Waals surface area contributed by atoms with Crippen LogP contribution in [-0.2, 0) is 0 Å². The summed E-state index contributed by atoms with van der Waals surface area (Å²) in [4.78, 5) is 0. The molecule has 1 aromatic carbocycles. The normalized spacial score (nSPS) is 12.9. The molecule has 0 saturated heterocycles. The monoisotopic (exact) mass is 227 g/mol. The molecule has 1 rings (SSSR count). The van der Waals surface area contributed by atoms with Gasteiger partial charge in [0, 0.05) is 10.5 Å². The minimum Gasteiger partial charge on any atom is -0.310 e. The molecule has 1 atom stereocenters. The summed E-state index contributed by atoms with van der Waals surface area (Å²) in [5.41, 5.74) is 1.33. The second-order valence-corrected chi connectivity index (χ2v) is 3.75. The van der Waals surface area contributed by atoms with Gasteiger partial charge in [0.1, 0.15) is 0 Å². The van der Waals surface area contributed by atoms with Gasteiger partial charge in [-0.2, -0.15) is 0 Å². The fourth-order valence-electron chi connectivity index (χ4n) is 1.20. The number of rotatable bonds is 3. The molecule has 12 heavy (non-hydrogen) atoms. The van der Waals surface area contributed by atoms with Crippen LogP contribution in [0.5, 0.6) is 0 Å². The lowest BCUT2D eigenvalue weighted by molar-refractivity contribution is 0.598. The van der Waals surface area contributed by atoms with Crippen LogP contribution in [0.1, 0.15) is 25.5 Å². The Morgan fingerprint density at radius 2 is 2.25 bits per heavy atom. The molecule has 0 aliphatic heterocycles. The summed E-state index contributed by atoms with van der Waals surface area (Å²) in [5.74, 6) is 0. The Kier molecular flexibility index (Phi) is 3.76. The zero-order chi connectivity index (χ0) is 8.97. The van der Waals surface area contributed by atoms with Gasteiger partial charge in [0.05, 0.1) is 0 Å². The lowest BCUT2D eigenvalue weighted by atomic mass is 10.1.